The molecule has 0 fully saturated rings. The molecule has 1 aromatic carbocycles. The van der Waals surface area contributed by atoms with Crippen molar-refractivity contribution < 1.29 is 19.4 Å². The van der Waals surface area contributed by atoms with Gasteiger partial charge in [-0.15, -0.1) is 5.10 Å². The van der Waals surface area contributed by atoms with Gasteiger partial charge in [0.2, 0.25) is 5.91 Å². The number of aromatic nitrogens is 3. The molecule has 0 saturated carbocycles. The summed E-state index contributed by atoms with van der Waals surface area (Å²) in [5.41, 5.74) is 1.76. The van der Waals surface area contributed by atoms with Crippen molar-refractivity contribution in [1.29, 1.82) is 0 Å². The Kier molecular flexibility index (Phi) is 5.07. The molecule has 2 N–H and O–H groups in total. The van der Waals surface area contributed by atoms with Gasteiger partial charge < -0.3 is 15.2 Å². The van der Waals surface area contributed by atoms with E-state index in [-0.39, 0.29) is 23.9 Å². The molecule has 2 aromatic rings. The first-order valence-electron chi connectivity index (χ1n) is 6.98. The molecular formula is C15H18N4O4. The van der Waals surface area contributed by atoms with Gasteiger partial charge in [-0.1, -0.05) is 22.9 Å². The molecular weight excluding hydrogens is 300 g/mol. The van der Waals surface area contributed by atoms with E-state index in [0.717, 1.165) is 5.56 Å². The number of methoxy groups -OCH3 is 1. The van der Waals surface area contributed by atoms with Crippen molar-refractivity contribution in [3.8, 4) is 0 Å². The van der Waals surface area contributed by atoms with Gasteiger partial charge in [0.05, 0.1) is 6.61 Å². The van der Waals surface area contributed by atoms with Gasteiger partial charge in [0, 0.05) is 12.8 Å². The van der Waals surface area contributed by atoms with E-state index in [0.29, 0.717) is 5.69 Å². The lowest BCUT2D eigenvalue weighted by Crippen LogP contribution is -2.26. The number of hydrogen-bond donors (Lipinski definition) is 2. The van der Waals surface area contributed by atoms with Crippen molar-refractivity contribution in [3.63, 3.8) is 0 Å². The summed E-state index contributed by atoms with van der Waals surface area (Å²) < 4.78 is 6.24. The molecule has 0 bridgehead atoms. The number of carbonyl (C=O) groups excluding carboxylic acids is 1. The third-order valence-electron chi connectivity index (χ3n) is 3.34. The molecule has 1 unspecified atom stereocenters. The van der Waals surface area contributed by atoms with Crippen LogP contribution in [-0.2, 0) is 16.1 Å². The Hall–Kier alpha value is -2.74. The number of benzene rings is 1. The minimum Gasteiger partial charge on any atom is -0.476 e. The molecule has 0 radical (unpaired) electrons. The van der Waals surface area contributed by atoms with E-state index in [9.17, 15) is 9.59 Å². The van der Waals surface area contributed by atoms with Crippen LogP contribution in [0.5, 0.6) is 0 Å². The standard InChI is InChI=1S/C15H18N4O4/c1-9-4-6-11(7-5-9)16-14(20)10(2)19-12(8-23-3)13(15(21)22)17-18-19/h4-7,10H,8H2,1-3H3,(H,16,20)(H,21,22). The van der Waals surface area contributed by atoms with Gasteiger partial charge in [-0.2, -0.15) is 0 Å². The number of nitrogens with zero attached hydrogens (tertiary/aromatic N) is 3. The van der Waals surface area contributed by atoms with Crippen molar-refractivity contribution in [2.24, 2.45) is 0 Å². The first kappa shape index (κ1) is 16.6. The predicted molar refractivity (Wildman–Crippen MR) is 82.2 cm³/mol. The van der Waals surface area contributed by atoms with Crippen LogP contribution >= 0.6 is 0 Å². The molecule has 1 amide bonds. The van der Waals surface area contributed by atoms with Crippen molar-refractivity contribution in [2.75, 3.05) is 12.4 Å². The van der Waals surface area contributed by atoms with Crippen LogP contribution in [-0.4, -0.2) is 39.1 Å². The molecule has 2 rings (SSSR count). The van der Waals surface area contributed by atoms with Gasteiger partial charge in [0.25, 0.3) is 0 Å². The highest BCUT2D eigenvalue weighted by atomic mass is 16.5. The number of hydrogen-bond acceptors (Lipinski definition) is 5. The van der Waals surface area contributed by atoms with Crippen molar-refractivity contribution in [2.45, 2.75) is 26.5 Å². The highest BCUT2D eigenvalue weighted by molar-refractivity contribution is 5.93. The summed E-state index contributed by atoms with van der Waals surface area (Å²) in [6.07, 6.45) is 0. The van der Waals surface area contributed by atoms with Crippen LogP contribution in [0.1, 0.15) is 34.7 Å². The number of nitrogens with one attached hydrogen (secondary N) is 1. The second kappa shape index (κ2) is 7.01. The highest BCUT2D eigenvalue weighted by Gasteiger charge is 2.25. The SMILES string of the molecule is COCc1c(C(=O)O)nnn1C(C)C(=O)Nc1ccc(C)cc1. The average Bonchev–Trinajstić information content (AvgIpc) is 2.93. The fraction of sp³-hybridized carbons (Fsp3) is 0.333. The Bertz CT molecular complexity index is 709. The Balaban J connectivity index is 2.22. The smallest absolute Gasteiger partial charge is 0.358 e. The zero-order chi connectivity index (χ0) is 17.0. The highest BCUT2D eigenvalue weighted by Crippen LogP contribution is 2.16. The van der Waals surface area contributed by atoms with Crippen molar-refractivity contribution in [1.82, 2.24) is 15.0 Å². The number of carboxylic acid groups (broad SMARTS) is 1. The third kappa shape index (κ3) is 3.72. The molecule has 0 spiro atoms. The van der Waals surface area contributed by atoms with Gasteiger partial charge >= 0.3 is 5.97 Å². The second-order valence-corrected chi connectivity index (χ2v) is 5.10. The van der Waals surface area contributed by atoms with E-state index in [1.807, 2.05) is 19.1 Å². The van der Waals surface area contributed by atoms with Crippen molar-refractivity contribution in [3.05, 3.63) is 41.2 Å². The summed E-state index contributed by atoms with van der Waals surface area (Å²) in [5.74, 6) is -1.54. The zero-order valence-corrected chi connectivity index (χ0v) is 13.1. The van der Waals surface area contributed by atoms with Crippen LogP contribution in [0.25, 0.3) is 0 Å². The number of carboxylic acids is 1. The van der Waals surface area contributed by atoms with Crippen LogP contribution in [0, 0.1) is 6.92 Å². The van der Waals surface area contributed by atoms with Crippen LogP contribution in [0.2, 0.25) is 0 Å². The van der Waals surface area contributed by atoms with E-state index >= 15 is 0 Å². The van der Waals surface area contributed by atoms with Gasteiger partial charge in [0.1, 0.15) is 11.7 Å². The van der Waals surface area contributed by atoms with Crippen LogP contribution < -0.4 is 5.32 Å². The maximum atomic E-state index is 12.3. The average molecular weight is 318 g/mol. The van der Waals surface area contributed by atoms with E-state index in [4.69, 9.17) is 9.84 Å². The normalized spacial score (nSPS) is 12.0. The summed E-state index contributed by atoms with van der Waals surface area (Å²) in [7, 11) is 1.43. The quantitative estimate of drug-likeness (QED) is 0.838. The Morgan fingerprint density at radius 2 is 2.00 bits per heavy atom. The van der Waals surface area contributed by atoms with E-state index in [1.165, 1.54) is 11.8 Å². The number of ether oxygens (including phenoxy) is 1. The van der Waals surface area contributed by atoms with Crippen molar-refractivity contribution >= 4 is 17.6 Å². The molecule has 0 aliphatic rings. The molecule has 8 heteroatoms. The van der Waals surface area contributed by atoms with E-state index < -0.39 is 12.0 Å². The lowest BCUT2D eigenvalue weighted by molar-refractivity contribution is -0.119. The Morgan fingerprint density at radius 3 is 2.57 bits per heavy atom. The largest absolute Gasteiger partial charge is 0.476 e. The molecule has 1 heterocycles. The summed E-state index contributed by atoms with van der Waals surface area (Å²) in [5, 5.41) is 19.3. The van der Waals surface area contributed by atoms with Crippen LogP contribution in [0.15, 0.2) is 24.3 Å². The third-order valence-corrected chi connectivity index (χ3v) is 3.34. The molecule has 1 aromatic heterocycles. The number of aryl methyl sites for hydroxylation is 1. The summed E-state index contributed by atoms with van der Waals surface area (Å²) >= 11 is 0. The fourth-order valence-electron chi connectivity index (χ4n) is 2.06. The minimum absolute atomic E-state index is 0.00319. The number of anilines is 1. The van der Waals surface area contributed by atoms with Gasteiger partial charge in [-0.3, -0.25) is 4.79 Å². The number of rotatable bonds is 6. The molecule has 122 valence electrons. The molecule has 23 heavy (non-hydrogen) atoms. The maximum Gasteiger partial charge on any atom is 0.358 e. The van der Waals surface area contributed by atoms with Gasteiger partial charge in [0.15, 0.2) is 5.69 Å². The van der Waals surface area contributed by atoms with Crippen LogP contribution in [0.4, 0.5) is 5.69 Å². The molecule has 0 aliphatic carbocycles. The van der Waals surface area contributed by atoms with Gasteiger partial charge in [-0.05, 0) is 26.0 Å². The fourth-order valence-corrected chi connectivity index (χ4v) is 2.06. The number of aromatic carboxylic acids is 1. The summed E-state index contributed by atoms with van der Waals surface area (Å²) in [6, 6.07) is 6.62. The van der Waals surface area contributed by atoms with Gasteiger partial charge in [-0.25, -0.2) is 9.48 Å². The molecule has 0 aliphatic heterocycles. The summed E-state index contributed by atoms with van der Waals surface area (Å²) in [6.45, 7) is 3.56. The molecule has 0 saturated heterocycles. The maximum absolute atomic E-state index is 12.3. The Labute approximate surface area is 133 Å². The zero-order valence-electron chi connectivity index (χ0n) is 13.1. The number of amides is 1. The van der Waals surface area contributed by atoms with E-state index in [2.05, 4.69) is 15.6 Å². The topological polar surface area (TPSA) is 106 Å². The minimum atomic E-state index is -1.21. The van der Waals surface area contributed by atoms with Crippen LogP contribution in [0.3, 0.4) is 0 Å². The predicted octanol–water partition coefficient (Wildman–Crippen LogP) is 1.63. The Morgan fingerprint density at radius 1 is 1.35 bits per heavy atom. The number of carbonyl (C=O) groups is 2. The lowest BCUT2D eigenvalue weighted by atomic mass is 10.2. The monoisotopic (exact) mass is 318 g/mol. The lowest BCUT2D eigenvalue weighted by Gasteiger charge is -2.15. The first-order valence-corrected chi connectivity index (χ1v) is 6.98. The first-order chi connectivity index (χ1) is 10.9. The second-order valence-electron chi connectivity index (χ2n) is 5.10. The summed E-state index contributed by atoms with van der Waals surface area (Å²) in [4.78, 5) is 23.5. The van der Waals surface area contributed by atoms with E-state index in [1.54, 1.807) is 19.1 Å². The molecule has 1 atom stereocenters. The molecule has 8 nitrogen and oxygen atoms in total.